The van der Waals surface area contributed by atoms with Gasteiger partial charge in [-0.2, -0.15) is 0 Å². The molecule has 0 saturated carbocycles. The molecule has 0 heterocycles. The summed E-state index contributed by atoms with van der Waals surface area (Å²) in [7, 11) is 1.47. The topological polar surface area (TPSA) is 79.8 Å². The molecule has 0 bridgehead atoms. The Balaban J connectivity index is 2.01. The lowest BCUT2D eigenvalue weighted by molar-refractivity contribution is -0.114. The first-order chi connectivity index (χ1) is 11.1. The predicted molar refractivity (Wildman–Crippen MR) is 89.7 cm³/mol. The predicted octanol–water partition coefficient (Wildman–Crippen LogP) is 2.88. The van der Waals surface area contributed by atoms with E-state index in [0.29, 0.717) is 16.9 Å². The number of rotatable bonds is 5. The number of anilines is 2. The number of benzene rings is 2. The van der Waals surface area contributed by atoms with E-state index in [2.05, 4.69) is 20.6 Å². The van der Waals surface area contributed by atoms with Crippen LogP contribution in [-0.2, 0) is 9.63 Å². The van der Waals surface area contributed by atoms with Crippen molar-refractivity contribution < 1.29 is 14.4 Å². The Morgan fingerprint density at radius 3 is 2.04 bits per heavy atom. The molecule has 6 nitrogen and oxygen atoms in total. The third-order valence-electron chi connectivity index (χ3n) is 2.94. The Hall–Kier alpha value is -3.15. The van der Waals surface area contributed by atoms with Gasteiger partial charge in [0.2, 0.25) is 5.91 Å². The van der Waals surface area contributed by atoms with Crippen molar-refractivity contribution in [2.75, 3.05) is 17.7 Å². The molecule has 0 aliphatic rings. The monoisotopic (exact) mass is 311 g/mol. The van der Waals surface area contributed by atoms with E-state index in [1.165, 1.54) is 14.0 Å². The summed E-state index contributed by atoms with van der Waals surface area (Å²) in [6, 6.07) is 13.9. The van der Waals surface area contributed by atoms with Gasteiger partial charge in [-0.25, -0.2) is 0 Å². The Bertz CT molecular complexity index is 707. The second kappa shape index (κ2) is 7.74. The van der Waals surface area contributed by atoms with Crippen LogP contribution in [-0.4, -0.2) is 25.1 Å². The van der Waals surface area contributed by atoms with Crippen LogP contribution in [0.4, 0.5) is 11.4 Å². The van der Waals surface area contributed by atoms with E-state index in [0.717, 1.165) is 5.56 Å². The van der Waals surface area contributed by atoms with Crippen molar-refractivity contribution >= 4 is 29.4 Å². The lowest BCUT2D eigenvalue weighted by Crippen LogP contribution is -2.12. The molecule has 6 heteroatoms. The zero-order valence-corrected chi connectivity index (χ0v) is 12.9. The van der Waals surface area contributed by atoms with Crippen molar-refractivity contribution in [3.05, 3.63) is 59.7 Å². The Morgan fingerprint density at radius 2 is 1.52 bits per heavy atom. The summed E-state index contributed by atoms with van der Waals surface area (Å²) < 4.78 is 0. The Kier molecular flexibility index (Phi) is 5.46. The second-order valence-corrected chi connectivity index (χ2v) is 4.75. The van der Waals surface area contributed by atoms with E-state index in [9.17, 15) is 9.59 Å². The molecule has 0 aromatic heterocycles. The highest BCUT2D eigenvalue weighted by molar-refractivity contribution is 6.04. The number of oxime groups is 1. The van der Waals surface area contributed by atoms with E-state index in [4.69, 9.17) is 0 Å². The fourth-order valence-corrected chi connectivity index (χ4v) is 1.88. The Morgan fingerprint density at radius 1 is 0.957 bits per heavy atom. The average molecular weight is 311 g/mol. The molecule has 118 valence electrons. The van der Waals surface area contributed by atoms with Gasteiger partial charge >= 0.3 is 0 Å². The van der Waals surface area contributed by atoms with Crippen LogP contribution in [0.15, 0.2) is 53.7 Å². The average Bonchev–Trinajstić information content (AvgIpc) is 2.54. The molecule has 0 spiro atoms. The van der Waals surface area contributed by atoms with Gasteiger partial charge in [-0.15, -0.1) is 0 Å². The van der Waals surface area contributed by atoms with E-state index in [1.807, 2.05) is 0 Å². The Labute approximate surface area is 134 Å². The molecule has 0 unspecified atom stereocenters. The van der Waals surface area contributed by atoms with Crippen LogP contribution in [0.3, 0.4) is 0 Å². The summed E-state index contributed by atoms with van der Waals surface area (Å²) in [5, 5.41) is 9.11. The van der Waals surface area contributed by atoms with Crippen LogP contribution in [0.5, 0.6) is 0 Å². The van der Waals surface area contributed by atoms with Crippen LogP contribution in [0.1, 0.15) is 22.8 Å². The van der Waals surface area contributed by atoms with Crippen molar-refractivity contribution in [1.29, 1.82) is 0 Å². The molecule has 0 radical (unpaired) electrons. The van der Waals surface area contributed by atoms with E-state index in [-0.39, 0.29) is 11.8 Å². The standard InChI is InChI=1S/C17H17N3O3/c1-12(21)19-15-7-9-16(10-8-15)20-17(22)14-5-3-13(4-6-14)11-18-23-2/h3-11H,1-2H3,(H,19,21)(H,20,22)/b18-11+. The summed E-state index contributed by atoms with van der Waals surface area (Å²) in [6.45, 7) is 1.44. The van der Waals surface area contributed by atoms with Gasteiger partial charge in [-0.05, 0) is 42.0 Å². The maximum Gasteiger partial charge on any atom is 0.255 e. The number of nitrogens with one attached hydrogen (secondary N) is 2. The minimum Gasteiger partial charge on any atom is -0.399 e. The molecule has 2 amide bonds. The van der Waals surface area contributed by atoms with Gasteiger partial charge in [-0.3, -0.25) is 9.59 Å². The van der Waals surface area contributed by atoms with Crippen molar-refractivity contribution in [2.24, 2.45) is 5.16 Å². The molecule has 2 aromatic rings. The fraction of sp³-hybridized carbons (Fsp3) is 0.118. The van der Waals surface area contributed by atoms with Crippen molar-refractivity contribution in [3.63, 3.8) is 0 Å². The molecule has 0 aliphatic heterocycles. The number of amides is 2. The number of carbonyl (C=O) groups is 2. The van der Waals surface area contributed by atoms with Crippen LogP contribution >= 0.6 is 0 Å². The largest absolute Gasteiger partial charge is 0.399 e. The second-order valence-electron chi connectivity index (χ2n) is 4.75. The summed E-state index contributed by atoms with van der Waals surface area (Å²) in [5.41, 5.74) is 2.69. The van der Waals surface area contributed by atoms with Gasteiger partial charge in [0.15, 0.2) is 0 Å². The first kappa shape index (κ1) is 16.2. The van der Waals surface area contributed by atoms with Crippen molar-refractivity contribution in [3.8, 4) is 0 Å². The molecule has 23 heavy (non-hydrogen) atoms. The van der Waals surface area contributed by atoms with Gasteiger partial charge < -0.3 is 15.5 Å². The van der Waals surface area contributed by atoms with E-state index >= 15 is 0 Å². The van der Waals surface area contributed by atoms with Gasteiger partial charge in [0.05, 0.1) is 6.21 Å². The summed E-state index contributed by atoms with van der Waals surface area (Å²) in [5.74, 6) is -0.355. The van der Waals surface area contributed by atoms with Crippen LogP contribution < -0.4 is 10.6 Å². The highest BCUT2D eigenvalue weighted by Gasteiger charge is 2.06. The van der Waals surface area contributed by atoms with Crippen molar-refractivity contribution in [1.82, 2.24) is 0 Å². The number of nitrogens with zero attached hydrogens (tertiary/aromatic N) is 1. The van der Waals surface area contributed by atoms with Gasteiger partial charge in [0.1, 0.15) is 7.11 Å². The molecule has 0 aliphatic carbocycles. The van der Waals surface area contributed by atoms with Crippen LogP contribution in [0.25, 0.3) is 0 Å². The number of carbonyl (C=O) groups excluding carboxylic acids is 2. The van der Waals surface area contributed by atoms with Crippen LogP contribution in [0, 0.1) is 0 Å². The maximum absolute atomic E-state index is 12.2. The van der Waals surface area contributed by atoms with Crippen LogP contribution in [0.2, 0.25) is 0 Å². The zero-order valence-electron chi connectivity index (χ0n) is 12.9. The normalized spacial score (nSPS) is 10.3. The van der Waals surface area contributed by atoms with E-state index < -0.39 is 0 Å². The molecular formula is C17H17N3O3. The van der Waals surface area contributed by atoms with Gasteiger partial charge in [0, 0.05) is 23.9 Å². The molecule has 0 saturated heterocycles. The first-order valence-corrected chi connectivity index (χ1v) is 6.94. The quantitative estimate of drug-likeness (QED) is 0.658. The maximum atomic E-state index is 12.2. The molecular weight excluding hydrogens is 294 g/mol. The van der Waals surface area contributed by atoms with Gasteiger partial charge in [-0.1, -0.05) is 17.3 Å². The summed E-state index contributed by atoms with van der Waals surface area (Å²) in [6.07, 6.45) is 1.56. The highest BCUT2D eigenvalue weighted by Crippen LogP contribution is 2.15. The summed E-state index contributed by atoms with van der Waals surface area (Å²) in [4.78, 5) is 27.7. The lowest BCUT2D eigenvalue weighted by atomic mass is 10.1. The molecule has 0 atom stereocenters. The number of hydrogen-bond donors (Lipinski definition) is 2. The smallest absolute Gasteiger partial charge is 0.255 e. The molecule has 0 fully saturated rings. The zero-order chi connectivity index (χ0) is 16.7. The van der Waals surface area contributed by atoms with Crippen molar-refractivity contribution in [2.45, 2.75) is 6.92 Å². The molecule has 2 N–H and O–H groups in total. The third kappa shape index (κ3) is 4.96. The van der Waals surface area contributed by atoms with Gasteiger partial charge in [0.25, 0.3) is 5.91 Å². The van der Waals surface area contributed by atoms with E-state index in [1.54, 1.807) is 54.7 Å². The first-order valence-electron chi connectivity index (χ1n) is 6.94. The third-order valence-corrected chi connectivity index (χ3v) is 2.94. The highest BCUT2D eigenvalue weighted by atomic mass is 16.6. The number of hydrogen-bond acceptors (Lipinski definition) is 4. The minimum atomic E-state index is -0.215. The lowest BCUT2D eigenvalue weighted by Gasteiger charge is -2.07. The SMILES string of the molecule is CO/N=C/c1ccc(C(=O)Nc2ccc(NC(C)=O)cc2)cc1. The summed E-state index contributed by atoms with van der Waals surface area (Å²) >= 11 is 0. The molecule has 2 aromatic carbocycles. The fourth-order valence-electron chi connectivity index (χ4n) is 1.88. The molecule has 2 rings (SSSR count). The minimum absolute atomic E-state index is 0.140.